The fourth-order valence-electron chi connectivity index (χ4n) is 3.60. The molecule has 0 unspecified atom stereocenters. The number of phenols is 1. The van der Waals surface area contributed by atoms with Crippen LogP contribution >= 0.6 is 0 Å². The molecule has 4 rings (SSSR count). The van der Waals surface area contributed by atoms with Crippen LogP contribution in [0.15, 0.2) is 18.2 Å². The lowest BCUT2D eigenvalue weighted by Crippen LogP contribution is -2.21. The number of phenolic OH excluding ortho intramolecular Hbond substituents is 1. The molecule has 0 amide bonds. The zero-order valence-electron chi connectivity index (χ0n) is 13.8. The third-order valence-electron chi connectivity index (χ3n) is 4.86. The van der Waals surface area contributed by atoms with E-state index in [1.807, 2.05) is 6.07 Å². The maximum absolute atomic E-state index is 9.76. The molecule has 126 valence electrons. The van der Waals surface area contributed by atoms with Gasteiger partial charge in [0.25, 0.3) is 0 Å². The summed E-state index contributed by atoms with van der Waals surface area (Å²) in [4.78, 5) is 9.17. The summed E-state index contributed by atoms with van der Waals surface area (Å²) < 4.78 is 7.78. The lowest BCUT2D eigenvalue weighted by Gasteiger charge is -2.23. The molecule has 0 radical (unpaired) electrons. The molecule has 0 saturated carbocycles. The van der Waals surface area contributed by atoms with E-state index in [1.165, 1.54) is 0 Å². The molecule has 2 aromatic heterocycles. The van der Waals surface area contributed by atoms with Crippen molar-refractivity contribution in [3.8, 4) is 5.75 Å². The monoisotopic (exact) mass is 326 g/mol. The second-order valence-electron chi connectivity index (χ2n) is 6.44. The number of nitrogens with zero attached hydrogens (tertiary/aromatic N) is 3. The lowest BCUT2D eigenvalue weighted by molar-refractivity contribution is 0.0614. The van der Waals surface area contributed by atoms with Crippen LogP contribution in [0, 0.1) is 5.92 Å². The van der Waals surface area contributed by atoms with E-state index in [2.05, 4.69) is 16.5 Å². The molecule has 1 aliphatic rings. The molecule has 0 spiro atoms. The highest BCUT2D eigenvalue weighted by Gasteiger charge is 2.21. The van der Waals surface area contributed by atoms with E-state index >= 15 is 0 Å². The van der Waals surface area contributed by atoms with Gasteiger partial charge in [-0.2, -0.15) is 0 Å². The number of imidazole rings is 1. The first-order valence-electron chi connectivity index (χ1n) is 8.52. The van der Waals surface area contributed by atoms with Gasteiger partial charge in [-0.1, -0.05) is 6.92 Å². The highest BCUT2D eigenvalue weighted by molar-refractivity contribution is 6.06. The lowest BCUT2D eigenvalue weighted by atomic mass is 10.00. The molecule has 6 heteroatoms. The van der Waals surface area contributed by atoms with Gasteiger partial charge in [-0.15, -0.1) is 0 Å². The van der Waals surface area contributed by atoms with E-state index in [9.17, 15) is 5.11 Å². The molecule has 6 nitrogen and oxygen atoms in total. The van der Waals surface area contributed by atoms with E-state index in [0.717, 1.165) is 61.3 Å². The van der Waals surface area contributed by atoms with E-state index in [-0.39, 0.29) is 5.75 Å². The van der Waals surface area contributed by atoms with Gasteiger partial charge in [0.05, 0.1) is 11.0 Å². The van der Waals surface area contributed by atoms with Crippen LogP contribution in [-0.4, -0.2) is 32.9 Å². The van der Waals surface area contributed by atoms with Crippen molar-refractivity contribution in [2.24, 2.45) is 5.92 Å². The molecule has 1 aliphatic heterocycles. The number of fused-ring (bicyclic) bond motifs is 3. The predicted octanol–water partition coefficient (Wildman–Crippen LogP) is 2.86. The number of hydrogen-bond acceptors (Lipinski definition) is 5. The average Bonchev–Trinajstić information content (AvgIpc) is 2.95. The summed E-state index contributed by atoms with van der Waals surface area (Å²) in [6.07, 6.45) is 2.99. The van der Waals surface area contributed by atoms with Crippen molar-refractivity contribution in [2.75, 3.05) is 18.9 Å². The number of aromatic nitrogens is 3. The van der Waals surface area contributed by atoms with Gasteiger partial charge in [0, 0.05) is 37.6 Å². The quantitative estimate of drug-likeness (QED) is 0.773. The van der Waals surface area contributed by atoms with Crippen LogP contribution in [-0.2, 0) is 17.7 Å². The third-order valence-corrected chi connectivity index (χ3v) is 4.86. The minimum Gasteiger partial charge on any atom is -0.508 e. The number of ether oxygens (including phenoxy) is 1. The molecule has 1 fully saturated rings. The Labute approximate surface area is 140 Å². The first-order chi connectivity index (χ1) is 11.7. The zero-order valence-corrected chi connectivity index (χ0v) is 13.8. The standard InChI is InChI=1S/C18H22N4O2/c1-2-15-21-16-17(22(15)10-11-5-7-24-8-6-11)13-4-3-12(23)9-14(13)20-18(16)19/h3-4,9,11,23H,2,5-8,10H2,1H3,(H2,19,20). The largest absolute Gasteiger partial charge is 0.508 e. The molecule has 24 heavy (non-hydrogen) atoms. The Balaban J connectivity index is 1.93. The Bertz CT molecular complexity index is 897. The Morgan fingerprint density at radius 1 is 1.29 bits per heavy atom. The Hall–Kier alpha value is -2.34. The third kappa shape index (κ3) is 2.47. The summed E-state index contributed by atoms with van der Waals surface area (Å²) in [6, 6.07) is 5.25. The zero-order chi connectivity index (χ0) is 16.7. The van der Waals surface area contributed by atoms with Crippen LogP contribution < -0.4 is 5.73 Å². The number of nitrogens with two attached hydrogens (primary N) is 1. The molecule has 3 aromatic rings. The number of rotatable bonds is 3. The Morgan fingerprint density at radius 2 is 2.08 bits per heavy atom. The van der Waals surface area contributed by atoms with Crippen molar-refractivity contribution in [2.45, 2.75) is 32.7 Å². The molecule has 3 N–H and O–H groups in total. The van der Waals surface area contributed by atoms with Gasteiger partial charge in [-0.3, -0.25) is 0 Å². The normalized spacial score (nSPS) is 16.2. The molecule has 1 saturated heterocycles. The van der Waals surface area contributed by atoms with Gasteiger partial charge in [0.1, 0.15) is 17.1 Å². The summed E-state index contributed by atoms with van der Waals surface area (Å²) >= 11 is 0. The van der Waals surface area contributed by atoms with E-state index in [4.69, 9.17) is 15.5 Å². The smallest absolute Gasteiger partial charge is 0.152 e. The Kier molecular flexibility index (Phi) is 3.76. The van der Waals surface area contributed by atoms with Crippen molar-refractivity contribution in [3.05, 3.63) is 24.0 Å². The molecule has 3 heterocycles. The molecule has 0 aliphatic carbocycles. The number of aromatic hydroxyl groups is 1. The summed E-state index contributed by atoms with van der Waals surface area (Å²) in [5, 5.41) is 10.7. The number of pyridine rings is 1. The molecular weight excluding hydrogens is 304 g/mol. The number of anilines is 1. The van der Waals surface area contributed by atoms with Crippen molar-refractivity contribution < 1.29 is 9.84 Å². The average molecular weight is 326 g/mol. The summed E-state index contributed by atoms with van der Waals surface area (Å²) in [5.74, 6) is 2.23. The molecule has 1 aromatic carbocycles. The van der Waals surface area contributed by atoms with Crippen molar-refractivity contribution in [1.82, 2.24) is 14.5 Å². The van der Waals surface area contributed by atoms with Gasteiger partial charge in [-0.05, 0) is 30.9 Å². The topological polar surface area (TPSA) is 86.2 Å². The van der Waals surface area contributed by atoms with Crippen molar-refractivity contribution in [1.29, 1.82) is 0 Å². The van der Waals surface area contributed by atoms with Gasteiger partial charge in [0.2, 0.25) is 0 Å². The van der Waals surface area contributed by atoms with Crippen LogP contribution in [0.5, 0.6) is 5.75 Å². The fourth-order valence-corrected chi connectivity index (χ4v) is 3.60. The second-order valence-corrected chi connectivity index (χ2v) is 6.44. The number of benzene rings is 1. The highest BCUT2D eigenvalue weighted by atomic mass is 16.5. The van der Waals surface area contributed by atoms with Crippen molar-refractivity contribution in [3.63, 3.8) is 0 Å². The summed E-state index contributed by atoms with van der Waals surface area (Å²) in [5.41, 5.74) is 8.65. The number of aryl methyl sites for hydroxylation is 1. The fraction of sp³-hybridized carbons (Fsp3) is 0.444. The predicted molar refractivity (Wildman–Crippen MR) is 94.0 cm³/mol. The number of hydrogen-bond donors (Lipinski definition) is 2. The van der Waals surface area contributed by atoms with Crippen LogP contribution in [0.2, 0.25) is 0 Å². The summed E-state index contributed by atoms with van der Waals surface area (Å²) in [6.45, 7) is 4.69. The molecule has 0 bridgehead atoms. The van der Waals surface area contributed by atoms with Gasteiger partial charge >= 0.3 is 0 Å². The highest BCUT2D eigenvalue weighted by Crippen LogP contribution is 2.32. The maximum atomic E-state index is 9.76. The molecule has 0 atom stereocenters. The van der Waals surface area contributed by atoms with Gasteiger partial charge < -0.3 is 20.1 Å². The number of nitrogen functional groups attached to an aromatic ring is 1. The van der Waals surface area contributed by atoms with Gasteiger partial charge in [0.15, 0.2) is 5.82 Å². The van der Waals surface area contributed by atoms with Crippen molar-refractivity contribution >= 4 is 27.8 Å². The SMILES string of the molecule is CCc1nc2c(N)nc3cc(O)ccc3c2n1CC1CCOCC1. The van der Waals surface area contributed by atoms with E-state index in [0.29, 0.717) is 17.3 Å². The molecular formula is C18H22N4O2. The van der Waals surface area contributed by atoms with E-state index < -0.39 is 0 Å². The minimum absolute atomic E-state index is 0.194. The van der Waals surface area contributed by atoms with Crippen LogP contribution in [0.3, 0.4) is 0 Å². The van der Waals surface area contributed by atoms with Gasteiger partial charge in [-0.25, -0.2) is 9.97 Å². The van der Waals surface area contributed by atoms with Crippen LogP contribution in [0.1, 0.15) is 25.6 Å². The minimum atomic E-state index is 0.194. The first kappa shape index (κ1) is 15.2. The Morgan fingerprint density at radius 3 is 2.83 bits per heavy atom. The maximum Gasteiger partial charge on any atom is 0.152 e. The van der Waals surface area contributed by atoms with Crippen LogP contribution in [0.4, 0.5) is 5.82 Å². The van der Waals surface area contributed by atoms with Crippen LogP contribution in [0.25, 0.3) is 21.9 Å². The summed E-state index contributed by atoms with van der Waals surface area (Å²) in [7, 11) is 0. The second kappa shape index (κ2) is 5.94. The first-order valence-corrected chi connectivity index (χ1v) is 8.52. The van der Waals surface area contributed by atoms with E-state index in [1.54, 1.807) is 12.1 Å².